The summed E-state index contributed by atoms with van der Waals surface area (Å²) in [7, 11) is 0. The molecule has 96 valence electrons. The summed E-state index contributed by atoms with van der Waals surface area (Å²) in [4.78, 5) is 16.3. The summed E-state index contributed by atoms with van der Waals surface area (Å²) in [5.74, 6) is 0.161. The van der Waals surface area contributed by atoms with Crippen molar-refractivity contribution in [3.8, 4) is 0 Å². The molecule has 0 amide bonds. The third-order valence-electron chi connectivity index (χ3n) is 2.30. The van der Waals surface area contributed by atoms with Gasteiger partial charge < -0.3 is 4.74 Å². The maximum atomic E-state index is 11.8. The van der Waals surface area contributed by atoms with Crippen molar-refractivity contribution in [3.05, 3.63) is 21.9 Å². The molecule has 0 spiro atoms. The molecule has 0 aliphatic rings. The fourth-order valence-electron chi connectivity index (χ4n) is 1.41. The molecule has 0 radical (unpaired) electrons. The van der Waals surface area contributed by atoms with Gasteiger partial charge in [-0.15, -0.1) is 16.4 Å². The fourth-order valence-corrected chi connectivity index (χ4v) is 2.10. The molecule has 18 heavy (non-hydrogen) atoms. The maximum Gasteiger partial charge on any atom is 0.350 e. The molecule has 2 aromatic heterocycles. The molecule has 7 nitrogen and oxygen atoms in total. The van der Waals surface area contributed by atoms with E-state index in [1.54, 1.807) is 17.1 Å². The smallest absolute Gasteiger partial charge is 0.350 e. The summed E-state index contributed by atoms with van der Waals surface area (Å²) in [6.07, 6.45) is 0.917. The number of aromatic nitrogens is 5. The van der Waals surface area contributed by atoms with Crippen molar-refractivity contribution in [1.82, 2.24) is 25.2 Å². The molecule has 2 rings (SSSR count). The van der Waals surface area contributed by atoms with Gasteiger partial charge in [0, 0.05) is 6.54 Å². The summed E-state index contributed by atoms with van der Waals surface area (Å²) in [5, 5.41) is 11.2. The van der Waals surface area contributed by atoms with Gasteiger partial charge in [-0.2, -0.15) is 0 Å². The van der Waals surface area contributed by atoms with Crippen LogP contribution in [-0.4, -0.2) is 31.2 Å². The van der Waals surface area contributed by atoms with Gasteiger partial charge in [-0.25, -0.2) is 14.5 Å². The second-order valence-corrected chi connectivity index (χ2v) is 4.52. The van der Waals surface area contributed by atoms with Crippen molar-refractivity contribution in [1.29, 1.82) is 0 Å². The van der Waals surface area contributed by atoms with Gasteiger partial charge >= 0.3 is 5.97 Å². The number of rotatable bonds is 5. The molecule has 0 saturated heterocycles. The molecule has 0 aliphatic carbocycles. The second-order valence-electron chi connectivity index (χ2n) is 3.66. The summed E-state index contributed by atoms with van der Waals surface area (Å²) in [6, 6.07) is 0. The highest BCUT2D eigenvalue weighted by molar-refractivity contribution is 7.11. The number of carbonyl (C=O) groups excluding carboxylic acids is 1. The first-order chi connectivity index (χ1) is 8.72. The molecule has 0 unspecified atom stereocenters. The van der Waals surface area contributed by atoms with Gasteiger partial charge in [-0.05, 0) is 23.8 Å². The average Bonchev–Trinajstić information content (AvgIpc) is 2.96. The Balaban J connectivity index is 1.97. The number of carbonyl (C=O) groups is 1. The highest BCUT2D eigenvalue weighted by Crippen LogP contribution is 2.14. The van der Waals surface area contributed by atoms with E-state index in [-0.39, 0.29) is 12.6 Å². The molecule has 2 aromatic rings. The molecule has 8 heteroatoms. The van der Waals surface area contributed by atoms with Gasteiger partial charge in [0.2, 0.25) is 0 Å². The van der Waals surface area contributed by atoms with Crippen molar-refractivity contribution in [2.75, 3.05) is 0 Å². The largest absolute Gasteiger partial charge is 0.453 e. The quantitative estimate of drug-likeness (QED) is 0.757. The summed E-state index contributed by atoms with van der Waals surface area (Å²) in [6.45, 7) is 4.58. The number of nitrogens with zero attached hydrogens (tertiary/aromatic N) is 5. The maximum absolute atomic E-state index is 11.8. The lowest BCUT2D eigenvalue weighted by Crippen LogP contribution is -2.10. The Bertz CT molecular complexity index is 536. The number of aryl methyl sites for hydroxylation is 2. The van der Waals surface area contributed by atoms with Crippen molar-refractivity contribution in [2.24, 2.45) is 0 Å². The molecule has 0 saturated carbocycles. The van der Waals surface area contributed by atoms with Gasteiger partial charge in [0.05, 0.1) is 11.2 Å². The average molecular weight is 267 g/mol. The van der Waals surface area contributed by atoms with Gasteiger partial charge in [-0.1, -0.05) is 6.92 Å². The van der Waals surface area contributed by atoms with Crippen LogP contribution in [-0.2, 0) is 17.9 Å². The summed E-state index contributed by atoms with van der Waals surface area (Å²) in [5.41, 5.74) is 2.30. The van der Waals surface area contributed by atoms with Crippen LogP contribution in [0.5, 0.6) is 0 Å². The zero-order valence-corrected chi connectivity index (χ0v) is 11.0. The van der Waals surface area contributed by atoms with E-state index in [1.807, 2.05) is 6.92 Å². The fraction of sp³-hybridized carbons (Fsp3) is 0.500. The minimum absolute atomic E-state index is 0.0726. The van der Waals surface area contributed by atoms with E-state index in [2.05, 4.69) is 20.5 Å². The molecular formula is C10H13N5O2S. The lowest BCUT2D eigenvalue weighted by Gasteiger charge is -2.04. The Morgan fingerprint density at radius 1 is 1.56 bits per heavy atom. The van der Waals surface area contributed by atoms with E-state index >= 15 is 0 Å². The predicted molar refractivity (Wildman–Crippen MR) is 64.1 cm³/mol. The molecule has 0 aromatic carbocycles. The van der Waals surface area contributed by atoms with Crippen LogP contribution in [0.2, 0.25) is 0 Å². The minimum atomic E-state index is -0.388. The summed E-state index contributed by atoms with van der Waals surface area (Å²) < 4.78 is 6.80. The van der Waals surface area contributed by atoms with Crippen LogP contribution in [0, 0.1) is 6.92 Å². The monoisotopic (exact) mass is 267 g/mol. The Hall–Kier alpha value is -1.83. The zero-order valence-electron chi connectivity index (χ0n) is 10.2. The van der Waals surface area contributed by atoms with E-state index in [1.165, 1.54) is 11.3 Å². The number of ether oxygens (including phenoxy) is 1. The van der Waals surface area contributed by atoms with Crippen LogP contribution in [0.25, 0.3) is 0 Å². The molecule has 2 heterocycles. The third-order valence-corrected chi connectivity index (χ3v) is 3.21. The van der Waals surface area contributed by atoms with E-state index in [0.29, 0.717) is 22.9 Å². The van der Waals surface area contributed by atoms with Crippen LogP contribution in [0.1, 0.15) is 34.5 Å². The van der Waals surface area contributed by atoms with Crippen LogP contribution >= 0.6 is 11.3 Å². The predicted octanol–water partition coefficient (Wildman–Crippen LogP) is 1.21. The zero-order chi connectivity index (χ0) is 13.0. The minimum Gasteiger partial charge on any atom is -0.453 e. The normalized spacial score (nSPS) is 10.6. The third kappa shape index (κ3) is 2.70. The number of thiazole rings is 1. The molecule has 0 fully saturated rings. The molecule has 0 bridgehead atoms. The van der Waals surface area contributed by atoms with Gasteiger partial charge in [-0.3, -0.25) is 0 Å². The van der Waals surface area contributed by atoms with E-state index < -0.39 is 0 Å². The number of esters is 1. The van der Waals surface area contributed by atoms with E-state index in [9.17, 15) is 4.79 Å². The first-order valence-electron chi connectivity index (χ1n) is 5.54. The lowest BCUT2D eigenvalue weighted by atomic mass is 10.4. The van der Waals surface area contributed by atoms with Crippen molar-refractivity contribution in [3.63, 3.8) is 0 Å². The standard InChI is InChI=1S/C10H13N5O2S/c1-3-4-15-8(12-13-14-15)5-17-10(16)9-7(2)11-6-18-9/h6H,3-5H2,1-2H3. The van der Waals surface area contributed by atoms with Crippen molar-refractivity contribution >= 4 is 17.3 Å². The van der Waals surface area contributed by atoms with E-state index in [0.717, 1.165) is 6.42 Å². The Labute approximate surface area is 108 Å². The molecule has 0 atom stereocenters. The van der Waals surface area contributed by atoms with Crippen LogP contribution in [0.15, 0.2) is 5.51 Å². The Kier molecular flexibility index (Phi) is 3.98. The summed E-state index contributed by atoms with van der Waals surface area (Å²) >= 11 is 1.27. The second kappa shape index (κ2) is 5.67. The number of hydrogen-bond acceptors (Lipinski definition) is 7. The Morgan fingerprint density at radius 3 is 3.06 bits per heavy atom. The topological polar surface area (TPSA) is 82.8 Å². The van der Waals surface area contributed by atoms with Gasteiger partial charge in [0.25, 0.3) is 0 Å². The van der Waals surface area contributed by atoms with Crippen LogP contribution in [0.3, 0.4) is 0 Å². The van der Waals surface area contributed by atoms with E-state index in [4.69, 9.17) is 4.74 Å². The van der Waals surface area contributed by atoms with Crippen LogP contribution < -0.4 is 0 Å². The van der Waals surface area contributed by atoms with Crippen LogP contribution in [0.4, 0.5) is 0 Å². The molecular weight excluding hydrogens is 254 g/mol. The van der Waals surface area contributed by atoms with Gasteiger partial charge in [0.15, 0.2) is 12.4 Å². The lowest BCUT2D eigenvalue weighted by molar-refractivity contribution is 0.0461. The number of hydrogen-bond donors (Lipinski definition) is 0. The molecule has 0 aliphatic heterocycles. The highest BCUT2D eigenvalue weighted by Gasteiger charge is 2.15. The first-order valence-corrected chi connectivity index (χ1v) is 6.42. The highest BCUT2D eigenvalue weighted by atomic mass is 32.1. The SMILES string of the molecule is CCCn1nnnc1COC(=O)c1scnc1C. The molecule has 0 N–H and O–H groups in total. The van der Waals surface area contributed by atoms with Crippen molar-refractivity contribution < 1.29 is 9.53 Å². The van der Waals surface area contributed by atoms with Crippen molar-refractivity contribution in [2.45, 2.75) is 33.4 Å². The van der Waals surface area contributed by atoms with Gasteiger partial charge in [0.1, 0.15) is 4.88 Å². The first kappa shape index (κ1) is 12.6. The Morgan fingerprint density at radius 2 is 2.39 bits per heavy atom. The number of tetrazole rings is 1.